The zero-order valence-electron chi connectivity index (χ0n) is 9.65. The second kappa shape index (κ2) is 6.41. The Hall–Kier alpha value is -1.04. The number of halogens is 3. The number of ether oxygens (including phenoxy) is 1. The quantitative estimate of drug-likeness (QED) is 0.782. The number of hydrogen-bond acceptors (Lipinski definition) is 3. The summed E-state index contributed by atoms with van der Waals surface area (Å²) >= 11 is 14.7. The maximum atomic E-state index is 11.7. The molecule has 0 saturated heterocycles. The fourth-order valence-corrected chi connectivity index (χ4v) is 2.08. The first kappa shape index (κ1) is 14.4. The number of aromatic nitrogens is 2. The molecular weight excluding hydrogens is 355 g/mol. The van der Waals surface area contributed by atoms with Crippen LogP contribution in [0.15, 0.2) is 39.9 Å². The smallest absolute Gasteiger partial charge is 0.273 e. The molecule has 0 bridgehead atoms. The lowest BCUT2D eigenvalue weighted by Crippen LogP contribution is -2.24. The zero-order valence-corrected chi connectivity index (χ0v) is 12.7. The molecule has 0 spiro atoms. The maximum Gasteiger partial charge on any atom is 0.273 e. The second-order valence-corrected chi connectivity index (χ2v) is 5.31. The molecular formula is C12H9BrCl2N2O2. The fraction of sp³-hybridized carbons (Fsp3) is 0.167. The predicted octanol–water partition coefficient (Wildman–Crippen LogP) is 3.39. The van der Waals surface area contributed by atoms with Gasteiger partial charge in [-0.25, -0.2) is 4.98 Å². The summed E-state index contributed by atoms with van der Waals surface area (Å²) in [7, 11) is 0. The first-order valence-corrected chi connectivity index (χ1v) is 6.91. The van der Waals surface area contributed by atoms with Gasteiger partial charge >= 0.3 is 0 Å². The molecule has 4 nitrogen and oxygen atoms in total. The van der Waals surface area contributed by atoms with Crippen molar-refractivity contribution in [3.05, 3.63) is 55.6 Å². The van der Waals surface area contributed by atoms with Crippen LogP contribution < -0.4 is 10.3 Å². The minimum absolute atomic E-state index is 0.0100. The lowest BCUT2D eigenvalue weighted by molar-refractivity contribution is 0.295. The van der Waals surface area contributed by atoms with Crippen molar-refractivity contribution in [1.82, 2.24) is 9.55 Å². The molecule has 0 amide bonds. The van der Waals surface area contributed by atoms with Crippen molar-refractivity contribution < 1.29 is 4.74 Å². The first-order valence-electron chi connectivity index (χ1n) is 5.37. The van der Waals surface area contributed by atoms with Gasteiger partial charge in [-0.1, -0.05) is 45.2 Å². The van der Waals surface area contributed by atoms with Gasteiger partial charge in [-0.3, -0.25) is 9.36 Å². The summed E-state index contributed by atoms with van der Waals surface area (Å²) in [6.45, 7) is 0.672. The molecule has 2 rings (SSSR count). The Morgan fingerprint density at radius 1 is 1.37 bits per heavy atom. The van der Waals surface area contributed by atoms with Crippen LogP contribution in [-0.2, 0) is 6.54 Å². The molecule has 0 fully saturated rings. The first-order chi connectivity index (χ1) is 9.08. The monoisotopic (exact) mass is 362 g/mol. The van der Waals surface area contributed by atoms with Crippen molar-refractivity contribution in [3.63, 3.8) is 0 Å². The largest absolute Gasteiger partial charge is 0.492 e. The molecule has 0 N–H and O–H groups in total. The summed E-state index contributed by atoms with van der Waals surface area (Å²) in [5.74, 6) is 0.718. The van der Waals surface area contributed by atoms with Crippen molar-refractivity contribution in [3.8, 4) is 5.75 Å². The van der Waals surface area contributed by atoms with Crippen LogP contribution in [0.5, 0.6) is 5.75 Å². The van der Waals surface area contributed by atoms with Gasteiger partial charge in [0.15, 0.2) is 5.15 Å². The maximum absolute atomic E-state index is 11.7. The summed E-state index contributed by atoms with van der Waals surface area (Å²) < 4.78 is 7.80. The van der Waals surface area contributed by atoms with E-state index in [1.165, 1.54) is 10.9 Å². The van der Waals surface area contributed by atoms with E-state index in [9.17, 15) is 4.79 Å². The van der Waals surface area contributed by atoms with E-state index in [-0.39, 0.29) is 15.7 Å². The summed E-state index contributed by atoms with van der Waals surface area (Å²) in [5, 5.41) is -0.0672. The fourth-order valence-electron chi connectivity index (χ4n) is 1.42. The van der Waals surface area contributed by atoms with E-state index in [0.29, 0.717) is 13.2 Å². The second-order valence-electron chi connectivity index (χ2n) is 3.65. The van der Waals surface area contributed by atoms with Crippen LogP contribution in [0.1, 0.15) is 0 Å². The standard InChI is InChI=1S/C12H9BrCl2N2O2/c13-8-2-1-3-9(6-8)19-5-4-17-7-16-11(15)10(14)12(17)18/h1-3,6-7H,4-5H2. The highest BCUT2D eigenvalue weighted by atomic mass is 79.9. The molecule has 1 aromatic heterocycles. The number of nitrogens with zero attached hydrogens (tertiary/aromatic N) is 2. The Kier molecular flexibility index (Phi) is 4.85. The molecule has 2 aromatic rings. The van der Waals surface area contributed by atoms with Gasteiger partial charge in [0.2, 0.25) is 0 Å². The van der Waals surface area contributed by atoms with Crippen molar-refractivity contribution in [2.75, 3.05) is 6.61 Å². The molecule has 0 unspecified atom stereocenters. The molecule has 0 aliphatic carbocycles. The van der Waals surface area contributed by atoms with Gasteiger partial charge < -0.3 is 4.74 Å². The van der Waals surface area contributed by atoms with Crippen LogP contribution in [0.25, 0.3) is 0 Å². The van der Waals surface area contributed by atoms with Gasteiger partial charge in [0.1, 0.15) is 17.4 Å². The Labute approximate surface area is 128 Å². The Bertz CT molecular complexity index is 646. The van der Waals surface area contributed by atoms with E-state index in [2.05, 4.69) is 20.9 Å². The highest BCUT2D eigenvalue weighted by molar-refractivity contribution is 9.10. The molecule has 19 heavy (non-hydrogen) atoms. The van der Waals surface area contributed by atoms with Crippen LogP contribution in [-0.4, -0.2) is 16.2 Å². The summed E-state index contributed by atoms with van der Waals surface area (Å²) in [4.78, 5) is 15.5. The predicted molar refractivity (Wildman–Crippen MR) is 78.2 cm³/mol. The lowest BCUT2D eigenvalue weighted by Gasteiger charge is -2.08. The third-order valence-electron chi connectivity index (χ3n) is 2.34. The van der Waals surface area contributed by atoms with Crippen LogP contribution in [0, 0.1) is 0 Å². The summed E-state index contributed by atoms with van der Waals surface area (Å²) in [5.41, 5.74) is -0.375. The van der Waals surface area contributed by atoms with Gasteiger partial charge in [-0.05, 0) is 18.2 Å². The third kappa shape index (κ3) is 3.72. The van der Waals surface area contributed by atoms with Crippen molar-refractivity contribution in [2.24, 2.45) is 0 Å². The summed E-state index contributed by atoms with van der Waals surface area (Å²) in [6, 6.07) is 7.45. The van der Waals surface area contributed by atoms with E-state index < -0.39 is 0 Å². The molecule has 1 aromatic carbocycles. The lowest BCUT2D eigenvalue weighted by atomic mass is 10.3. The minimum Gasteiger partial charge on any atom is -0.492 e. The number of benzene rings is 1. The summed E-state index contributed by atoms with van der Waals surface area (Å²) in [6.07, 6.45) is 1.35. The van der Waals surface area contributed by atoms with Gasteiger partial charge in [0, 0.05) is 4.47 Å². The van der Waals surface area contributed by atoms with Crippen LogP contribution in [0.4, 0.5) is 0 Å². The average molecular weight is 364 g/mol. The van der Waals surface area contributed by atoms with Gasteiger partial charge in [-0.2, -0.15) is 0 Å². The third-order valence-corrected chi connectivity index (χ3v) is 3.55. The average Bonchev–Trinajstić information content (AvgIpc) is 2.39. The molecule has 0 radical (unpaired) electrons. The number of hydrogen-bond donors (Lipinski definition) is 0. The van der Waals surface area contributed by atoms with E-state index >= 15 is 0 Å². The molecule has 0 atom stereocenters. The highest BCUT2D eigenvalue weighted by Crippen LogP contribution is 2.17. The Morgan fingerprint density at radius 2 is 2.16 bits per heavy atom. The van der Waals surface area contributed by atoms with E-state index in [1.54, 1.807) is 0 Å². The normalized spacial score (nSPS) is 10.5. The highest BCUT2D eigenvalue weighted by Gasteiger charge is 2.07. The van der Waals surface area contributed by atoms with Crippen LogP contribution in [0.3, 0.4) is 0 Å². The van der Waals surface area contributed by atoms with Crippen LogP contribution >= 0.6 is 39.1 Å². The Balaban J connectivity index is 2.00. The van der Waals surface area contributed by atoms with Gasteiger partial charge in [0.05, 0.1) is 12.9 Å². The van der Waals surface area contributed by atoms with Crippen molar-refractivity contribution in [2.45, 2.75) is 6.54 Å². The van der Waals surface area contributed by atoms with Crippen molar-refractivity contribution >= 4 is 39.1 Å². The molecule has 100 valence electrons. The molecule has 0 aliphatic rings. The van der Waals surface area contributed by atoms with E-state index in [4.69, 9.17) is 27.9 Å². The van der Waals surface area contributed by atoms with Gasteiger partial charge in [0.25, 0.3) is 5.56 Å². The van der Waals surface area contributed by atoms with Gasteiger partial charge in [-0.15, -0.1) is 0 Å². The minimum atomic E-state index is -0.375. The Morgan fingerprint density at radius 3 is 2.89 bits per heavy atom. The van der Waals surface area contributed by atoms with Crippen LogP contribution in [0.2, 0.25) is 10.2 Å². The SMILES string of the molecule is O=c1c(Cl)c(Cl)ncn1CCOc1cccc(Br)c1. The molecule has 7 heteroatoms. The number of rotatable bonds is 4. The van der Waals surface area contributed by atoms with Crippen molar-refractivity contribution in [1.29, 1.82) is 0 Å². The molecule has 0 saturated carbocycles. The molecule has 1 heterocycles. The topological polar surface area (TPSA) is 44.1 Å². The zero-order chi connectivity index (χ0) is 13.8. The van der Waals surface area contributed by atoms with E-state index in [1.807, 2.05) is 24.3 Å². The molecule has 0 aliphatic heterocycles. The van der Waals surface area contributed by atoms with E-state index in [0.717, 1.165) is 10.2 Å².